The number of ether oxygens (including phenoxy) is 1. The molecule has 0 radical (unpaired) electrons. The highest BCUT2D eigenvalue weighted by atomic mass is 16.5. The molecule has 2 heterocycles. The van der Waals surface area contributed by atoms with Crippen LogP contribution in [0.3, 0.4) is 0 Å². The summed E-state index contributed by atoms with van der Waals surface area (Å²) < 4.78 is 16.1. The van der Waals surface area contributed by atoms with Crippen LogP contribution in [-0.2, 0) is 17.8 Å². The van der Waals surface area contributed by atoms with Gasteiger partial charge in [0.25, 0.3) is 0 Å². The van der Waals surface area contributed by atoms with Gasteiger partial charge >= 0.3 is 5.97 Å². The van der Waals surface area contributed by atoms with Crippen LogP contribution in [0, 0.1) is 13.8 Å². The first-order valence-electron chi connectivity index (χ1n) is 7.74. The average Bonchev–Trinajstić information content (AvgIpc) is 3.16. The van der Waals surface area contributed by atoms with Crippen molar-refractivity contribution in [3.05, 3.63) is 58.8 Å². The van der Waals surface area contributed by atoms with Gasteiger partial charge in [0, 0.05) is 5.56 Å². The lowest BCUT2D eigenvalue weighted by molar-refractivity contribution is 0.0464. The number of aryl methyl sites for hydroxylation is 3. The molecule has 3 aromatic rings. The predicted molar refractivity (Wildman–Crippen MR) is 86.4 cm³/mol. The first kappa shape index (κ1) is 16.0. The van der Waals surface area contributed by atoms with E-state index in [1.807, 2.05) is 37.3 Å². The van der Waals surface area contributed by atoms with Crippen molar-refractivity contribution in [1.29, 1.82) is 0 Å². The molecule has 0 spiro atoms. The zero-order valence-corrected chi connectivity index (χ0v) is 13.8. The Balaban J connectivity index is 1.74. The van der Waals surface area contributed by atoms with Gasteiger partial charge in [-0.2, -0.15) is 0 Å². The molecule has 0 amide bonds. The Kier molecular flexibility index (Phi) is 4.46. The van der Waals surface area contributed by atoms with E-state index in [1.54, 1.807) is 13.8 Å². The van der Waals surface area contributed by atoms with Crippen molar-refractivity contribution >= 4 is 5.97 Å². The average molecular weight is 326 g/mol. The minimum Gasteiger partial charge on any atom is -0.455 e. The van der Waals surface area contributed by atoms with E-state index in [-0.39, 0.29) is 6.61 Å². The number of esters is 1. The SMILES string of the molecule is CCc1noc(C)c1C(=O)OCc1nc(-c2ccccc2)oc1C. The fourth-order valence-corrected chi connectivity index (χ4v) is 2.39. The third-order valence-electron chi connectivity index (χ3n) is 3.73. The Hall–Kier alpha value is -2.89. The summed E-state index contributed by atoms with van der Waals surface area (Å²) in [6.45, 7) is 5.43. The van der Waals surface area contributed by atoms with Crippen LogP contribution in [0.1, 0.15) is 40.2 Å². The second kappa shape index (κ2) is 6.70. The van der Waals surface area contributed by atoms with E-state index < -0.39 is 5.97 Å². The number of nitrogens with zero attached hydrogens (tertiary/aromatic N) is 2. The molecule has 0 saturated heterocycles. The molecule has 0 N–H and O–H groups in total. The van der Waals surface area contributed by atoms with Crippen LogP contribution in [0.5, 0.6) is 0 Å². The minimum atomic E-state index is -0.464. The number of carbonyl (C=O) groups excluding carboxylic acids is 1. The van der Waals surface area contributed by atoms with Gasteiger partial charge in [0.1, 0.15) is 29.4 Å². The Morgan fingerprint density at radius 3 is 2.58 bits per heavy atom. The molecule has 0 atom stereocenters. The molecule has 0 fully saturated rings. The second-order valence-electron chi connectivity index (χ2n) is 5.38. The molecule has 1 aromatic carbocycles. The van der Waals surface area contributed by atoms with E-state index in [0.717, 1.165) is 5.56 Å². The maximum Gasteiger partial charge on any atom is 0.344 e. The van der Waals surface area contributed by atoms with Crippen LogP contribution >= 0.6 is 0 Å². The van der Waals surface area contributed by atoms with E-state index in [2.05, 4.69) is 10.1 Å². The molecule has 124 valence electrons. The molecular formula is C18H18N2O4. The van der Waals surface area contributed by atoms with Gasteiger partial charge in [0.15, 0.2) is 0 Å². The molecular weight excluding hydrogens is 308 g/mol. The number of hydrogen-bond acceptors (Lipinski definition) is 6. The largest absolute Gasteiger partial charge is 0.455 e. The molecule has 0 saturated carbocycles. The summed E-state index contributed by atoms with van der Waals surface area (Å²) in [4.78, 5) is 16.7. The van der Waals surface area contributed by atoms with Crippen molar-refractivity contribution in [2.75, 3.05) is 0 Å². The lowest BCUT2D eigenvalue weighted by Gasteiger charge is -2.03. The van der Waals surface area contributed by atoms with Gasteiger partial charge in [0.05, 0.1) is 5.69 Å². The molecule has 0 unspecified atom stereocenters. The number of hydrogen-bond donors (Lipinski definition) is 0. The quantitative estimate of drug-likeness (QED) is 0.662. The summed E-state index contributed by atoms with van der Waals surface area (Å²) in [5, 5.41) is 3.86. The molecule has 6 nitrogen and oxygen atoms in total. The van der Waals surface area contributed by atoms with Crippen LogP contribution < -0.4 is 0 Å². The third-order valence-corrected chi connectivity index (χ3v) is 3.73. The summed E-state index contributed by atoms with van der Waals surface area (Å²) in [5.74, 6) is 1.13. The van der Waals surface area contributed by atoms with Gasteiger partial charge in [-0.3, -0.25) is 0 Å². The predicted octanol–water partition coefficient (Wildman–Crippen LogP) is 3.87. The number of aromatic nitrogens is 2. The first-order valence-corrected chi connectivity index (χ1v) is 7.74. The van der Waals surface area contributed by atoms with Crippen molar-refractivity contribution in [1.82, 2.24) is 10.1 Å². The summed E-state index contributed by atoms with van der Waals surface area (Å²) in [6.07, 6.45) is 0.600. The lowest BCUT2D eigenvalue weighted by Crippen LogP contribution is -2.09. The van der Waals surface area contributed by atoms with Crippen LogP contribution in [-0.4, -0.2) is 16.1 Å². The van der Waals surface area contributed by atoms with Gasteiger partial charge in [-0.25, -0.2) is 9.78 Å². The van der Waals surface area contributed by atoms with E-state index in [4.69, 9.17) is 13.7 Å². The monoisotopic (exact) mass is 326 g/mol. The number of benzene rings is 1. The van der Waals surface area contributed by atoms with Gasteiger partial charge in [-0.1, -0.05) is 30.3 Å². The maximum absolute atomic E-state index is 12.3. The van der Waals surface area contributed by atoms with Gasteiger partial charge in [-0.15, -0.1) is 0 Å². The van der Waals surface area contributed by atoms with E-state index >= 15 is 0 Å². The van der Waals surface area contributed by atoms with Crippen LogP contribution in [0.15, 0.2) is 39.3 Å². The molecule has 3 rings (SSSR count). The van der Waals surface area contributed by atoms with Crippen LogP contribution in [0.2, 0.25) is 0 Å². The summed E-state index contributed by atoms with van der Waals surface area (Å²) >= 11 is 0. The zero-order valence-electron chi connectivity index (χ0n) is 13.8. The number of rotatable bonds is 5. The van der Waals surface area contributed by atoms with Crippen molar-refractivity contribution in [2.24, 2.45) is 0 Å². The fourth-order valence-electron chi connectivity index (χ4n) is 2.39. The molecule has 6 heteroatoms. The lowest BCUT2D eigenvalue weighted by atomic mass is 10.1. The Morgan fingerprint density at radius 2 is 1.88 bits per heavy atom. The van der Waals surface area contributed by atoms with Gasteiger partial charge < -0.3 is 13.7 Å². The first-order chi connectivity index (χ1) is 11.6. The smallest absolute Gasteiger partial charge is 0.344 e. The molecule has 0 aliphatic carbocycles. The molecule has 0 aliphatic rings. The topological polar surface area (TPSA) is 78.4 Å². The summed E-state index contributed by atoms with van der Waals surface area (Å²) in [5.41, 5.74) is 2.46. The van der Waals surface area contributed by atoms with Crippen molar-refractivity contribution in [2.45, 2.75) is 33.8 Å². The van der Waals surface area contributed by atoms with Crippen LogP contribution in [0.25, 0.3) is 11.5 Å². The number of carbonyl (C=O) groups is 1. The van der Waals surface area contributed by atoms with E-state index in [1.165, 1.54) is 0 Å². The maximum atomic E-state index is 12.3. The molecule has 2 aromatic heterocycles. The number of oxazole rings is 1. The Morgan fingerprint density at radius 1 is 1.12 bits per heavy atom. The van der Waals surface area contributed by atoms with E-state index in [9.17, 15) is 4.79 Å². The summed E-state index contributed by atoms with van der Waals surface area (Å²) in [7, 11) is 0. The van der Waals surface area contributed by atoms with E-state index in [0.29, 0.717) is 40.8 Å². The van der Waals surface area contributed by atoms with Crippen molar-refractivity contribution in [3.8, 4) is 11.5 Å². The zero-order chi connectivity index (χ0) is 17.1. The fraction of sp³-hybridized carbons (Fsp3) is 0.278. The van der Waals surface area contributed by atoms with Crippen molar-refractivity contribution in [3.63, 3.8) is 0 Å². The van der Waals surface area contributed by atoms with Crippen LogP contribution in [0.4, 0.5) is 0 Å². The molecule has 0 aliphatic heterocycles. The third kappa shape index (κ3) is 3.08. The minimum absolute atomic E-state index is 0.0365. The Labute approximate surface area is 139 Å². The van der Waals surface area contributed by atoms with Gasteiger partial charge in [-0.05, 0) is 32.4 Å². The van der Waals surface area contributed by atoms with Crippen molar-refractivity contribution < 1.29 is 18.5 Å². The van der Waals surface area contributed by atoms with Gasteiger partial charge in [0.2, 0.25) is 5.89 Å². The normalized spacial score (nSPS) is 10.8. The summed E-state index contributed by atoms with van der Waals surface area (Å²) in [6, 6.07) is 9.57. The highest BCUT2D eigenvalue weighted by molar-refractivity contribution is 5.91. The Bertz CT molecular complexity index is 849. The molecule has 0 bridgehead atoms. The highest BCUT2D eigenvalue weighted by Crippen LogP contribution is 2.22. The highest BCUT2D eigenvalue weighted by Gasteiger charge is 2.21. The molecule has 24 heavy (non-hydrogen) atoms. The standard InChI is InChI=1S/C18H18N2O4/c1-4-14-16(12(3)24-20-14)18(21)22-10-15-11(2)23-17(19-15)13-8-6-5-7-9-13/h5-9H,4,10H2,1-3H3. The second-order valence-corrected chi connectivity index (χ2v) is 5.38.